The molecule has 2 amide bonds. The highest BCUT2D eigenvalue weighted by molar-refractivity contribution is 6.07. The van der Waals surface area contributed by atoms with E-state index in [2.05, 4.69) is 4.74 Å². The Balaban J connectivity index is 1.49. The van der Waals surface area contributed by atoms with Crippen molar-refractivity contribution in [1.29, 1.82) is 0 Å². The molecule has 0 bridgehead atoms. The van der Waals surface area contributed by atoms with Gasteiger partial charge in [-0.2, -0.15) is 0 Å². The van der Waals surface area contributed by atoms with Crippen molar-refractivity contribution in [2.24, 2.45) is 5.92 Å². The number of ether oxygens (including phenoxy) is 1. The van der Waals surface area contributed by atoms with E-state index in [4.69, 9.17) is 4.84 Å². The first-order valence-electron chi connectivity index (χ1n) is 10.6. The van der Waals surface area contributed by atoms with E-state index in [0.717, 1.165) is 5.56 Å². The van der Waals surface area contributed by atoms with Gasteiger partial charge in [-0.05, 0) is 35.4 Å². The van der Waals surface area contributed by atoms with E-state index >= 15 is 0 Å². The Morgan fingerprint density at radius 2 is 1.44 bits per heavy atom. The monoisotopic (exact) mass is 468 g/mol. The minimum atomic E-state index is -4.81. The smallest absolute Gasteiger partial charge is 0.406 e. The molecule has 2 fully saturated rings. The lowest BCUT2D eigenvalue weighted by Gasteiger charge is -2.29. The number of rotatable bonds is 5. The van der Waals surface area contributed by atoms with Crippen molar-refractivity contribution in [2.45, 2.75) is 25.1 Å². The molecule has 2 aliphatic heterocycles. The number of nitrogens with zero attached hydrogens (tertiary/aromatic N) is 2. The maximum Gasteiger partial charge on any atom is 0.573 e. The summed E-state index contributed by atoms with van der Waals surface area (Å²) in [6.07, 6.45) is -5.85. The molecule has 0 aromatic heterocycles. The number of fused-ring (bicyclic) bond motifs is 1. The van der Waals surface area contributed by atoms with Crippen molar-refractivity contribution in [3.8, 4) is 5.75 Å². The Kier molecular flexibility index (Phi) is 5.49. The van der Waals surface area contributed by atoms with Crippen LogP contribution in [0, 0.1) is 5.92 Å². The van der Waals surface area contributed by atoms with Crippen LogP contribution in [0.15, 0.2) is 84.9 Å². The van der Waals surface area contributed by atoms with Crippen molar-refractivity contribution in [3.05, 3.63) is 96.1 Å². The van der Waals surface area contributed by atoms with Crippen molar-refractivity contribution < 1.29 is 32.3 Å². The number of hydrogen-bond donors (Lipinski definition) is 0. The van der Waals surface area contributed by atoms with Gasteiger partial charge in [0.2, 0.25) is 5.91 Å². The molecule has 2 aliphatic rings. The zero-order valence-electron chi connectivity index (χ0n) is 17.7. The fraction of sp³-hybridized carbons (Fsp3) is 0.200. The lowest BCUT2D eigenvalue weighted by atomic mass is 9.90. The van der Waals surface area contributed by atoms with Crippen LogP contribution in [0.3, 0.4) is 0 Å². The van der Waals surface area contributed by atoms with E-state index in [1.165, 1.54) is 34.2 Å². The molecule has 0 spiro atoms. The van der Waals surface area contributed by atoms with Crippen LogP contribution < -0.4 is 9.80 Å². The number of likely N-dealkylation sites (tertiary alicyclic amines) is 1. The fourth-order valence-corrected chi connectivity index (χ4v) is 4.40. The first kappa shape index (κ1) is 22.0. The van der Waals surface area contributed by atoms with Gasteiger partial charge in [-0.3, -0.25) is 19.3 Å². The molecule has 3 atom stereocenters. The number of carbonyl (C=O) groups excluding carboxylic acids is 2. The van der Waals surface area contributed by atoms with Gasteiger partial charge in [-0.1, -0.05) is 60.7 Å². The molecular formula is C25H19F3N2O4. The molecule has 0 unspecified atom stereocenters. The summed E-state index contributed by atoms with van der Waals surface area (Å²) >= 11 is 0. The minimum absolute atomic E-state index is 0.116. The highest BCUT2D eigenvalue weighted by Crippen LogP contribution is 2.47. The van der Waals surface area contributed by atoms with Crippen molar-refractivity contribution >= 4 is 17.5 Å². The summed E-state index contributed by atoms with van der Waals surface area (Å²) < 4.78 is 41.7. The second-order valence-corrected chi connectivity index (χ2v) is 8.02. The number of hydroxylamine groups is 1. The third kappa shape index (κ3) is 4.10. The lowest BCUT2D eigenvalue weighted by molar-refractivity contribution is -0.274. The van der Waals surface area contributed by atoms with Crippen molar-refractivity contribution in [3.63, 3.8) is 0 Å². The molecule has 0 radical (unpaired) electrons. The van der Waals surface area contributed by atoms with Gasteiger partial charge in [0.25, 0.3) is 5.91 Å². The molecule has 34 heavy (non-hydrogen) atoms. The predicted molar refractivity (Wildman–Crippen MR) is 115 cm³/mol. The average molecular weight is 468 g/mol. The van der Waals surface area contributed by atoms with Gasteiger partial charge < -0.3 is 4.74 Å². The van der Waals surface area contributed by atoms with Crippen LogP contribution >= 0.6 is 0 Å². The normalized spacial score (nSPS) is 22.3. The van der Waals surface area contributed by atoms with Gasteiger partial charge in [0.05, 0.1) is 18.3 Å². The molecule has 0 saturated carbocycles. The molecule has 2 saturated heterocycles. The second kappa shape index (κ2) is 8.49. The topological polar surface area (TPSA) is 59.1 Å². The average Bonchev–Trinajstić information content (AvgIpc) is 3.32. The first-order valence-corrected chi connectivity index (χ1v) is 10.6. The van der Waals surface area contributed by atoms with Crippen LogP contribution in [-0.2, 0) is 21.0 Å². The van der Waals surface area contributed by atoms with Crippen molar-refractivity contribution in [2.75, 3.05) is 5.06 Å². The van der Waals surface area contributed by atoms with Gasteiger partial charge in [0.15, 0.2) is 6.10 Å². The van der Waals surface area contributed by atoms with Crippen LogP contribution in [0.1, 0.15) is 17.2 Å². The van der Waals surface area contributed by atoms with Gasteiger partial charge in [-0.25, -0.2) is 5.06 Å². The lowest BCUT2D eigenvalue weighted by Crippen LogP contribution is -2.36. The summed E-state index contributed by atoms with van der Waals surface area (Å²) in [5, 5.41) is 1.49. The van der Waals surface area contributed by atoms with Crippen LogP contribution in [0.5, 0.6) is 5.75 Å². The van der Waals surface area contributed by atoms with E-state index in [0.29, 0.717) is 11.3 Å². The highest BCUT2D eigenvalue weighted by Gasteiger charge is 2.59. The van der Waals surface area contributed by atoms with E-state index in [1.54, 1.807) is 24.3 Å². The Hall–Kier alpha value is -3.85. The summed E-state index contributed by atoms with van der Waals surface area (Å²) in [4.78, 5) is 33.8. The summed E-state index contributed by atoms with van der Waals surface area (Å²) in [7, 11) is 0. The van der Waals surface area contributed by atoms with E-state index < -0.39 is 36.2 Å². The summed E-state index contributed by atoms with van der Waals surface area (Å²) in [5.41, 5.74) is 1.94. The number of hydrogen-bond acceptors (Lipinski definition) is 5. The van der Waals surface area contributed by atoms with Crippen LogP contribution in [0.2, 0.25) is 0 Å². The number of amides is 2. The second-order valence-electron chi connectivity index (χ2n) is 8.02. The largest absolute Gasteiger partial charge is 0.573 e. The van der Waals surface area contributed by atoms with E-state index in [-0.39, 0.29) is 12.3 Å². The van der Waals surface area contributed by atoms with Crippen molar-refractivity contribution in [1.82, 2.24) is 4.90 Å². The predicted octanol–water partition coefficient (Wildman–Crippen LogP) is 4.63. The summed E-state index contributed by atoms with van der Waals surface area (Å²) in [5.74, 6) is -2.07. The molecule has 2 heterocycles. The Morgan fingerprint density at radius 1 is 0.824 bits per heavy atom. The van der Waals surface area contributed by atoms with Gasteiger partial charge in [-0.15, -0.1) is 13.2 Å². The fourth-order valence-electron chi connectivity index (χ4n) is 4.40. The van der Waals surface area contributed by atoms with Crippen LogP contribution in [0.4, 0.5) is 18.9 Å². The molecule has 3 aromatic carbocycles. The summed E-state index contributed by atoms with van der Waals surface area (Å²) in [6.45, 7) is 0.116. The number of imide groups is 1. The standard InChI is InChI=1S/C25H19F3N2O4/c26-25(27,28)33-19-13-11-17(12-14-19)21-20-22(34-30(21)18-9-5-2-6-10-18)24(32)29(23(20)31)15-16-7-3-1-4-8-16/h1-14,20-22H,15H2/t20-,21+,22+/m1/s1. The maximum absolute atomic E-state index is 13.4. The zero-order chi connectivity index (χ0) is 23.9. The molecular weight excluding hydrogens is 449 g/mol. The van der Waals surface area contributed by atoms with E-state index in [1.807, 2.05) is 36.4 Å². The number of para-hydroxylation sites is 1. The van der Waals surface area contributed by atoms with Gasteiger partial charge in [0.1, 0.15) is 11.7 Å². The van der Waals surface area contributed by atoms with Gasteiger partial charge in [0, 0.05) is 0 Å². The van der Waals surface area contributed by atoms with Crippen LogP contribution in [-0.4, -0.2) is 29.2 Å². The Bertz CT molecular complexity index is 1190. The number of alkyl halides is 3. The molecule has 0 N–H and O–H groups in total. The summed E-state index contributed by atoms with van der Waals surface area (Å²) in [6, 6.07) is 22.6. The molecule has 174 valence electrons. The van der Waals surface area contributed by atoms with Crippen LogP contribution in [0.25, 0.3) is 0 Å². The quantitative estimate of drug-likeness (QED) is 0.511. The molecule has 5 rings (SSSR count). The molecule has 6 nitrogen and oxygen atoms in total. The number of carbonyl (C=O) groups is 2. The highest BCUT2D eigenvalue weighted by atomic mass is 19.4. The number of halogens is 3. The number of anilines is 1. The number of benzene rings is 3. The molecule has 9 heteroatoms. The van der Waals surface area contributed by atoms with Gasteiger partial charge >= 0.3 is 6.36 Å². The first-order chi connectivity index (χ1) is 16.3. The maximum atomic E-state index is 13.4. The molecule has 3 aromatic rings. The third-order valence-corrected chi connectivity index (χ3v) is 5.86. The third-order valence-electron chi connectivity index (χ3n) is 5.86. The SMILES string of the molecule is O=C1[C@H]2[C@H](ON(c3ccccc3)[C@H]2c2ccc(OC(F)(F)F)cc2)C(=O)N1Cc1ccccc1. The minimum Gasteiger partial charge on any atom is -0.406 e. The molecule has 0 aliphatic carbocycles. The Morgan fingerprint density at radius 3 is 2.06 bits per heavy atom. The zero-order valence-corrected chi connectivity index (χ0v) is 17.7. The van der Waals surface area contributed by atoms with E-state index in [9.17, 15) is 22.8 Å². The Labute approximate surface area is 193 Å².